The summed E-state index contributed by atoms with van der Waals surface area (Å²) in [4.78, 5) is 20.9. The lowest BCUT2D eigenvalue weighted by atomic mass is 10.3. The van der Waals surface area contributed by atoms with Gasteiger partial charge in [0.25, 0.3) is 0 Å². The Hall–Kier alpha value is -1.30. The average Bonchev–Trinajstić information content (AvgIpc) is 2.66. The van der Waals surface area contributed by atoms with Gasteiger partial charge in [-0.15, -0.1) is 11.3 Å². The van der Waals surface area contributed by atoms with Crippen LogP contribution in [0.25, 0.3) is 0 Å². The second-order valence-electron chi connectivity index (χ2n) is 2.61. The maximum Gasteiger partial charge on any atom is 0.382 e. The van der Waals surface area contributed by atoms with E-state index in [0.29, 0.717) is 17.6 Å². The number of esters is 1. The van der Waals surface area contributed by atoms with Crippen molar-refractivity contribution in [3.05, 3.63) is 21.9 Å². The predicted molar refractivity (Wildman–Crippen MR) is 50.2 cm³/mol. The van der Waals surface area contributed by atoms with Gasteiger partial charge >= 0.3 is 11.9 Å². The molecule has 1 heterocycles. The zero-order valence-electron chi connectivity index (χ0n) is 7.83. The van der Waals surface area contributed by atoms with Crippen LogP contribution in [0.3, 0.4) is 0 Å². The smallest absolute Gasteiger partial charge is 0.382 e. The van der Waals surface area contributed by atoms with Crippen molar-refractivity contribution >= 4 is 23.6 Å². The lowest BCUT2D eigenvalue weighted by Crippen LogP contribution is -2.27. The summed E-state index contributed by atoms with van der Waals surface area (Å²) in [6, 6.07) is 2.28. The standard InChI is InChI=1S/C9H8F2O3S/c1-2-14-8(13)9(10,11)7-4-3-6(5-12)15-7/h3-5H,2H2,1H3. The minimum Gasteiger partial charge on any atom is -0.461 e. The number of carbonyl (C=O) groups excluding carboxylic acids is 2. The van der Waals surface area contributed by atoms with Gasteiger partial charge in [0.1, 0.15) is 0 Å². The molecule has 0 aliphatic rings. The first-order valence-corrected chi connectivity index (χ1v) is 4.94. The van der Waals surface area contributed by atoms with E-state index in [9.17, 15) is 18.4 Å². The van der Waals surface area contributed by atoms with Crippen LogP contribution in [0.15, 0.2) is 12.1 Å². The van der Waals surface area contributed by atoms with Gasteiger partial charge in [0.15, 0.2) is 6.29 Å². The highest BCUT2D eigenvalue weighted by Crippen LogP contribution is 2.34. The minimum absolute atomic E-state index is 0.111. The quantitative estimate of drug-likeness (QED) is 0.592. The maximum atomic E-state index is 13.3. The molecule has 15 heavy (non-hydrogen) atoms. The molecular formula is C9H8F2O3S. The molecule has 0 bridgehead atoms. The Labute approximate surface area is 88.7 Å². The molecule has 0 aliphatic carbocycles. The molecule has 0 aliphatic heterocycles. The van der Waals surface area contributed by atoms with Gasteiger partial charge in [0.05, 0.1) is 16.4 Å². The lowest BCUT2D eigenvalue weighted by molar-refractivity contribution is -0.172. The molecule has 1 rings (SSSR count). The number of thiophene rings is 1. The van der Waals surface area contributed by atoms with Gasteiger partial charge < -0.3 is 4.74 Å². The first kappa shape index (κ1) is 11.8. The van der Waals surface area contributed by atoms with Crippen LogP contribution in [0.4, 0.5) is 8.78 Å². The fourth-order valence-corrected chi connectivity index (χ4v) is 1.69. The molecule has 0 aromatic carbocycles. The highest BCUT2D eigenvalue weighted by Gasteiger charge is 2.44. The molecular weight excluding hydrogens is 226 g/mol. The van der Waals surface area contributed by atoms with E-state index in [2.05, 4.69) is 4.74 Å². The van der Waals surface area contributed by atoms with Gasteiger partial charge in [0.2, 0.25) is 0 Å². The monoisotopic (exact) mass is 234 g/mol. The Kier molecular flexibility index (Phi) is 3.52. The summed E-state index contributed by atoms with van der Waals surface area (Å²) in [6.07, 6.45) is 0.454. The van der Waals surface area contributed by atoms with Crippen molar-refractivity contribution in [3.8, 4) is 0 Å². The first-order valence-electron chi connectivity index (χ1n) is 4.13. The maximum absolute atomic E-state index is 13.3. The van der Waals surface area contributed by atoms with Crippen LogP contribution in [-0.4, -0.2) is 18.9 Å². The van der Waals surface area contributed by atoms with Crippen LogP contribution in [0, 0.1) is 0 Å². The van der Waals surface area contributed by atoms with Gasteiger partial charge in [-0.05, 0) is 19.1 Å². The molecule has 0 spiro atoms. The number of alkyl halides is 2. The minimum atomic E-state index is -3.68. The first-order chi connectivity index (χ1) is 7.02. The molecule has 0 atom stereocenters. The number of rotatable bonds is 4. The summed E-state index contributed by atoms with van der Waals surface area (Å²) in [6.45, 7) is 1.33. The third-order valence-electron chi connectivity index (χ3n) is 1.58. The van der Waals surface area contributed by atoms with E-state index >= 15 is 0 Å². The Morgan fingerprint density at radius 3 is 2.73 bits per heavy atom. The number of hydrogen-bond donors (Lipinski definition) is 0. The molecule has 0 N–H and O–H groups in total. The number of ether oxygens (including phenoxy) is 1. The zero-order chi connectivity index (χ0) is 11.5. The molecule has 0 fully saturated rings. The van der Waals surface area contributed by atoms with Crippen LogP contribution >= 0.6 is 11.3 Å². The van der Waals surface area contributed by atoms with E-state index in [-0.39, 0.29) is 11.5 Å². The number of aldehydes is 1. The van der Waals surface area contributed by atoms with E-state index < -0.39 is 16.8 Å². The summed E-state index contributed by atoms with van der Waals surface area (Å²) in [7, 11) is 0. The van der Waals surface area contributed by atoms with E-state index in [1.165, 1.54) is 13.0 Å². The Morgan fingerprint density at radius 1 is 1.60 bits per heavy atom. The van der Waals surface area contributed by atoms with Crippen LogP contribution in [-0.2, 0) is 15.5 Å². The van der Waals surface area contributed by atoms with E-state index in [0.717, 1.165) is 6.07 Å². The topological polar surface area (TPSA) is 43.4 Å². The van der Waals surface area contributed by atoms with Gasteiger partial charge in [0, 0.05) is 0 Å². The van der Waals surface area contributed by atoms with Gasteiger partial charge in [-0.2, -0.15) is 8.78 Å². The Balaban J connectivity index is 2.93. The fraction of sp³-hybridized carbons (Fsp3) is 0.333. The number of hydrogen-bond acceptors (Lipinski definition) is 4. The fourth-order valence-electron chi connectivity index (χ4n) is 0.907. The Morgan fingerprint density at radius 2 is 2.27 bits per heavy atom. The van der Waals surface area contributed by atoms with Crippen molar-refractivity contribution in [1.82, 2.24) is 0 Å². The van der Waals surface area contributed by atoms with Gasteiger partial charge in [-0.3, -0.25) is 4.79 Å². The van der Waals surface area contributed by atoms with Crippen LogP contribution in [0.5, 0.6) is 0 Å². The Bertz CT molecular complexity index is 373. The highest BCUT2D eigenvalue weighted by molar-refractivity contribution is 7.13. The van der Waals surface area contributed by atoms with Gasteiger partial charge in [-0.1, -0.05) is 0 Å². The lowest BCUT2D eigenvalue weighted by Gasteiger charge is -2.12. The highest BCUT2D eigenvalue weighted by atomic mass is 32.1. The largest absolute Gasteiger partial charge is 0.461 e. The SMILES string of the molecule is CCOC(=O)C(F)(F)c1ccc(C=O)s1. The molecule has 0 radical (unpaired) electrons. The van der Waals surface area contributed by atoms with Crippen LogP contribution in [0.2, 0.25) is 0 Å². The summed E-state index contributed by atoms with van der Waals surface area (Å²) in [5.74, 6) is -5.27. The van der Waals surface area contributed by atoms with Crippen molar-refractivity contribution in [1.29, 1.82) is 0 Å². The van der Waals surface area contributed by atoms with E-state index in [1.807, 2.05) is 0 Å². The molecule has 0 amide bonds. The molecule has 0 saturated carbocycles. The second kappa shape index (κ2) is 4.48. The van der Waals surface area contributed by atoms with Gasteiger partial charge in [-0.25, -0.2) is 4.79 Å². The summed E-state index contributed by atoms with van der Waals surface area (Å²) in [5, 5.41) is 0. The summed E-state index contributed by atoms with van der Waals surface area (Å²) in [5.41, 5.74) is 0. The summed E-state index contributed by atoms with van der Waals surface area (Å²) >= 11 is 0.575. The van der Waals surface area contributed by atoms with Crippen molar-refractivity contribution in [2.45, 2.75) is 12.8 Å². The third kappa shape index (κ3) is 2.38. The molecule has 82 valence electrons. The molecule has 0 saturated heterocycles. The van der Waals surface area contributed by atoms with E-state index in [1.54, 1.807) is 0 Å². The molecule has 1 aromatic rings. The van der Waals surface area contributed by atoms with E-state index in [4.69, 9.17) is 0 Å². The normalized spacial score (nSPS) is 11.1. The molecule has 6 heteroatoms. The molecule has 1 aromatic heterocycles. The van der Waals surface area contributed by atoms with Crippen molar-refractivity contribution in [2.24, 2.45) is 0 Å². The zero-order valence-corrected chi connectivity index (χ0v) is 8.64. The van der Waals surface area contributed by atoms with Crippen molar-refractivity contribution in [3.63, 3.8) is 0 Å². The second-order valence-corrected chi connectivity index (χ2v) is 3.73. The van der Waals surface area contributed by atoms with Crippen LogP contribution < -0.4 is 0 Å². The number of carbonyl (C=O) groups is 2. The summed E-state index contributed by atoms with van der Waals surface area (Å²) < 4.78 is 30.8. The molecule has 3 nitrogen and oxygen atoms in total. The average molecular weight is 234 g/mol. The predicted octanol–water partition coefficient (Wildman–Crippen LogP) is 2.22. The molecule has 0 unspecified atom stereocenters. The number of halogens is 2. The third-order valence-corrected chi connectivity index (χ3v) is 2.66. The van der Waals surface area contributed by atoms with Crippen molar-refractivity contribution in [2.75, 3.05) is 6.61 Å². The van der Waals surface area contributed by atoms with Crippen LogP contribution in [0.1, 0.15) is 21.5 Å². The van der Waals surface area contributed by atoms with Crippen molar-refractivity contribution < 1.29 is 23.1 Å².